The molecule has 2 rings (SSSR count). The van der Waals surface area contributed by atoms with E-state index in [1.807, 2.05) is 0 Å². The van der Waals surface area contributed by atoms with Crippen LogP contribution in [0.3, 0.4) is 0 Å². The summed E-state index contributed by atoms with van der Waals surface area (Å²) in [6.45, 7) is -0.468. The first-order valence-corrected chi connectivity index (χ1v) is 6.57. The van der Waals surface area contributed by atoms with Crippen LogP contribution in [0.15, 0.2) is 41.1 Å². The highest BCUT2D eigenvalue weighted by molar-refractivity contribution is 5.84. The van der Waals surface area contributed by atoms with Crippen LogP contribution < -0.4 is 0 Å². The maximum absolute atomic E-state index is 12.6. The van der Waals surface area contributed by atoms with Gasteiger partial charge in [-0.15, -0.1) is 0 Å². The van der Waals surface area contributed by atoms with E-state index in [0.717, 1.165) is 12.1 Å². The first kappa shape index (κ1) is 16.7. The molecular weight excluding hydrogens is 315 g/mol. The number of benzene rings is 1. The lowest BCUT2D eigenvalue weighted by Gasteiger charge is -2.08. The highest BCUT2D eigenvalue weighted by Gasteiger charge is 2.30. The van der Waals surface area contributed by atoms with Gasteiger partial charge in [-0.1, -0.05) is 23.4 Å². The molecule has 0 bridgehead atoms. The molecule has 0 atom stereocenters. The molecule has 0 unspecified atom stereocenters. The summed E-state index contributed by atoms with van der Waals surface area (Å²) in [5.41, 5.74) is -0.275. The van der Waals surface area contributed by atoms with Crippen LogP contribution in [0, 0.1) is 0 Å². The van der Waals surface area contributed by atoms with Gasteiger partial charge in [-0.2, -0.15) is 13.2 Å². The molecule has 1 heterocycles. The van der Waals surface area contributed by atoms with Crippen LogP contribution in [-0.4, -0.2) is 23.5 Å². The number of hydrogen-bond acceptors (Lipinski definition) is 5. The van der Waals surface area contributed by atoms with Crippen LogP contribution >= 0.6 is 0 Å². The largest absolute Gasteiger partial charge is 0.457 e. The van der Waals surface area contributed by atoms with Crippen LogP contribution in [0.5, 0.6) is 0 Å². The van der Waals surface area contributed by atoms with Crippen molar-refractivity contribution >= 4 is 11.8 Å². The van der Waals surface area contributed by atoms with E-state index in [1.165, 1.54) is 24.5 Å². The molecule has 0 radical (unpaired) electrons. The van der Waals surface area contributed by atoms with Crippen molar-refractivity contribution in [1.82, 2.24) is 5.16 Å². The fourth-order valence-corrected chi connectivity index (χ4v) is 1.82. The molecule has 122 valence electrons. The van der Waals surface area contributed by atoms with Crippen molar-refractivity contribution in [2.24, 2.45) is 0 Å². The Bertz CT molecular complexity index is 680. The molecule has 0 N–H and O–H groups in total. The molecule has 0 saturated carbocycles. The third kappa shape index (κ3) is 5.24. The number of ether oxygens (including phenoxy) is 1. The van der Waals surface area contributed by atoms with E-state index in [-0.39, 0.29) is 18.4 Å². The van der Waals surface area contributed by atoms with Crippen molar-refractivity contribution in [3.63, 3.8) is 0 Å². The van der Waals surface area contributed by atoms with Gasteiger partial charge >= 0.3 is 12.1 Å². The topological polar surface area (TPSA) is 69.4 Å². The second-order valence-electron chi connectivity index (χ2n) is 4.74. The summed E-state index contributed by atoms with van der Waals surface area (Å²) >= 11 is 0. The van der Waals surface area contributed by atoms with Crippen LogP contribution in [0.2, 0.25) is 0 Å². The molecule has 23 heavy (non-hydrogen) atoms. The summed E-state index contributed by atoms with van der Waals surface area (Å²) in [7, 11) is 0. The fourth-order valence-electron chi connectivity index (χ4n) is 1.82. The summed E-state index contributed by atoms with van der Waals surface area (Å²) in [6.07, 6.45) is -3.57. The number of halogens is 3. The number of rotatable bonds is 6. The van der Waals surface area contributed by atoms with Gasteiger partial charge in [-0.3, -0.25) is 9.59 Å². The molecule has 0 fully saturated rings. The standard InChI is InChI=1S/C15H12F3NO4/c16-15(17,18)11-3-1-2-10(6-11)7-14(21)22-9-13(20)8-12-4-5-23-19-12/h1-6H,7-9H2. The average molecular weight is 327 g/mol. The number of carbonyl (C=O) groups excluding carboxylic acids is 2. The lowest BCUT2D eigenvalue weighted by molar-refractivity contribution is -0.147. The Morgan fingerprint density at radius 1 is 1.17 bits per heavy atom. The van der Waals surface area contributed by atoms with Gasteiger partial charge in [-0.05, 0) is 11.6 Å². The number of nitrogens with zero attached hydrogens (tertiary/aromatic N) is 1. The molecule has 0 aliphatic rings. The molecule has 8 heteroatoms. The van der Waals surface area contributed by atoms with Crippen LogP contribution in [0.4, 0.5) is 13.2 Å². The average Bonchev–Trinajstić information content (AvgIpc) is 2.97. The molecule has 2 aromatic rings. The van der Waals surface area contributed by atoms with Crippen molar-refractivity contribution in [1.29, 1.82) is 0 Å². The van der Waals surface area contributed by atoms with Crippen molar-refractivity contribution in [2.75, 3.05) is 6.61 Å². The van der Waals surface area contributed by atoms with Crippen molar-refractivity contribution in [2.45, 2.75) is 19.0 Å². The van der Waals surface area contributed by atoms with E-state index in [1.54, 1.807) is 0 Å². The molecule has 0 saturated heterocycles. The lowest BCUT2D eigenvalue weighted by atomic mass is 10.1. The molecule has 1 aromatic heterocycles. The fraction of sp³-hybridized carbons (Fsp3) is 0.267. The van der Waals surface area contributed by atoms with Crippen LogP contribution in [0.25, 0.3) is 0 Å². The maximum Gasteiger partial charge on any atom is 0.416 e. The SMILES string of the molecule is O=C(COC(=O)Cc1cccc(C(F)(F)F)c1)Cc1ccon1. The van der Waals surface area contributed by atoms with E-state index < -0.39 is 30.1 Å². The van der Waals surface area contributed by atoms with Crippen molar-refractivity contribution < 1.29 is 32.0 Å². The van der Waals surface area contributed by atoms with Gasteiger partial charge in [0.1, 0.15) is 12.9 Å². The van der Waals surface area contributed by atoms with Gasteiger partial charge in [0, 0.05) is 6.07 Å². The van der Waals surface area contributed by atoms with Gasteiger partial charge in [0.2, 0.25) is 0 Å². The van der Waals surface area contributed by atoms with Gasteiger partial charge in [-0.25, -0.2) is 0 Å². The van der Waals surface area contributed by atoms with Gasteiger partial charge in [0.15, 0.2) is 5.78 Å². The van der Waals surface area contributed by atoms with Gasteiger partial charge in [0.25, 0.3) is 0 Å². The number of hydrogen-bond donors (Lipinski definition) is 0. The summed E-state index contributed by atoms with van der Waals surface area (Å²) in [6, 6.07) is 5.88. The Labute approximate surface area is 129 Å². The predicted octanol–water partition coefficient (Wildman–Crippen LogP) is 2.59. The van der Waals surface area contributed by atoms with E-state index in [2.05, 4.69) is 9.68 Å². The molecule has 0 amide bonds. The summed E-state index contributed by atoms with van der Waals surface area (Å²) in [5.74, 6) is -1.17. The zero-order chi connectivity index (χ0) is 16.9. The number of aromatic nitrogens is 1. The van der Waals surface area contributed by atoms with Crippen LogP contribution in [-0.2, 0) is 33.3 Å². The molecule has 5 nitrogen and oxygen atoms in total. The zero-order valence-corrected chi connectivity index (χ0v) is 11.8. The first-order chi connectivity index (χ1) is 10.8. The summed E-state index contributed by atoms with van der Waals surface area (Å²) in [4.78, 5) is 23.1. The Morgan fingerprint density at radius 3 is 2.61 bits per heavy atom. The Hall–Kier alpha value is -2.64. The Balaban J connectivity index is 1.84. The van der Waals surface area contributed by atoms with Gasteiger partial charge in [0.05, 0.1) is 24.1 Å². The second-order valence-corrected chi connectivity index (χ2v) is 4.74. The third-order valence-electron chi connectivity index (χ3n) is 2.87. The number of ketones is 1. The highest BCUT2D eigenvalue weighted by atomic mass is 19.4. The Morgan fingerprint density at radius 2 is 1.96 bits per heavy atom. The minimum atomic E-state index is -4.48. The Kier molecular flexibility index (Phi) is 5.15. The minimum Gasteiger partial charge on any atom is -0.457 e. The van der Waals surface area contributed by atoms with Crippen LogP contribution in [0.1, 0.15) is 16.8 Å². The van der Waals surface area contributed by atoms with E-state index in [9.17, 15) is 22.8 Å². The number of alkyl halides is 3. The van der Waals surface area contributed by atoms with Crippen molar-refractivity contribution in [3.8, 4) is 0 Å². The quantitative estimate of drug-likeness (QED) is 0.763. The van der Waals surface area contributed by atoms with E-state index in [4.69, 9.17) is 4.74 Å². The van der Waals surface area contributed by atoms with E-state index in [0.29, 0.717) is 5.69 Å². The lowest BCUT2D eigenvalue weighted by Crippen LogP contribution is -2.17. The minimum absolute atomic E-state index is 0.0483. The summed E-state index contributed by atoms with van der Waals surface area (Å²) < 4.78 is 47.0. The monoisotopic (exact) mass is 327 g/mol. The summed E-state index contributed by atoms with van der Waals surface area (Å²) in [5, 5.41) is 3.54. The first-order valence-electron chi connectivity index (χ1n) is 6.57. The molecular formula is C15H12F3NO4. The molecule has 0 aliphatic heterocycles. The number of esters is 1. The van der Waals surface area contributed by atoms with Gasteiger partial charge < -0.3 is 9.26 Å². The van der Waals surface area contributed by atoms with Crippen molar-refractivity contribution in [3.05, 3.63) is 53.4 Å². The molecule has 0 spiro atoms. The molecule has 1 aromatic carbocycles. The molecule has 0 aliphatic carbocycles. The smallest absolute Gasteiger partial charge is 0.416 e. The number of carbonyl (C=O) groups is 2. The highest BCUT2D eigenvalue weighted by Crippen LogP contribution is 2.29. The third-order valence-corrected chi connectivity index (χ3v) is 2.87. The zero-order valence-electron chi connectivity index (χ0n) is 11.8. The maximum atomic E-state index is 12.6. The van der Waals surface area contributed by atoms with E-state index >= 15 is 0 Å². The second kappa shape index (κ2) is 7.08. The normalized spacial score (nSPS) is 11.3. The number of Topliss-reactive ketones (excluding diaryl/α,β-unsaturated/α-hetero) is 1. The predicted molar refractivity (Wildman–Crippen MR) is 71.3 cm³/mol.